The first-order valence-corrected chi connectivity index (χ1v) is 9.04. The van der Waals surface area contributed by atoms with Gasteiger partial charge in [-0.2, -0.15) is 13.2 Å². The van der Waals surface area contributed by atoms with Crippen LogP contribution >= 0.6 is 0 Å². The second-order valence-corrected chi connectivity index (χ2v) is 6.35. The fourth-order valence-electron chi connectivity index (χ4n) is 2.63. The lowest BCUT2D eigenvalue weighted by atomic mass is 10.1. The minimum atomic E-state index is -4.60. The fourth-order valence-corrected chi connectivity index (χ4v) is 2.63. The van der Waals surface area contributed by atoms with Crippen molar-refractivity contribution in [2.24, 2.45) is 0 Å². The Hall–Kier alpha value is -4.22. The molecule has 0 saturated carbocycles. The van der Waals surface area contributed by atoms with E-state index >= 15 is 0 Å². The monoisotopic (exact) mass is 447 g/mol. The van der Waals surface area contributed by atoms with Crippen molar-refractivity contribution in [2.75, 3.05) is 19.0 Å². The number of ether oxygens (including phenoxy) is 1. The van der Waals surface area contributed by atoms with Gasteiger partial charge in [-0.05, 0) is 36.4 Å². The first-order valence-electron chi connectivity index (χ1n) is 9.04. The van der Waals surface area contributed by atoms with Crippen molar-refractivity contribution < 1.29 is 32.3 Å². The fraction of sp³-hybridized carbons (Fsp3) is 0.150. The Morgan fingerprint density at radius 2 is 1.72 bits per heavy atom. The maximum absolute atomic E-state index is 13.2. The molecule has 1 heterocycles. The highest BCUT2D eigenvalue weighted by molar-refractivity contribution is 6.03. The predicted molar refractivity (Wildman–Crippen MR) is 105 cm³/mol. The van der Waals surface area contributed by atoms with Crippen LogP contribution in [0.2, 0.25) is 0 Å². The summed E-state index contributed by atoms with van der Waals surface area (Å²) < 4.78 is 44.9. The molecular weight excluding hydrogens is 431 g/mol. The summed E-state index contributed by atoms with van der Waals surface area (Å²) in [6, 6.07) is 10.5. The quantitative estimate of drug-likeness (QED) is 0.561. The summed E-state index contributed by atoms with van der Waals surface area (Å²) in [5.41, 5.74) is -0.847. The first kappa shape index (κ1) is 22.5. The molecule has 12 heteroatoms. The number of hydrogen-bond donors (Lipinski definition) is 2. The van der Waals surface area contributed by atoms with E-state index in [2.05, 4.69) is 25.7 Å². The second kappa shape index (κ2) is 9.29. The highest BCUT2D eigenvalue weighted by Crippen LogP contribution is 2.33. The van der Waals surface area contributed by atoms with Gasteiger partial charge in [0.15, 0.2) is 5.69 Å². The normalized spacial score (nSPS) is 11.0. The third kappa shape index (κ3) is 5.28. The van der Waals surface area contributed by atoms with Crippen LogP contribution in [0.5, 0.6) is 0 Å². The van der Waals surface area contributed by atoms with Crippen LogP contribution in [0.4, 0.5) is 18.9 Å². The van der Waals surface area contributed by atoms with Crippen LogP contribution in [0.25, 0.3) is 5.69 Å². The Morgan fingerprint density at radius 3 is 2.38 bits per heavy atom. The number of esters is 1. The number of nitrogens with zero attached hydrogens (tertiary/aromatic N) is 3. The molecule has 0 atom stereocenters. The molecule has 1 aromatic heterocycles. The summed E-state index contributed by atoms with van der Waals surface area (Å²) in [5.74, 6) is -1.82. The molecule has 9 nitrogen and oxygen atoms in total. The van der Waals surface area contributed by atoms with E-state index in [0.29, 0.717) is 5.69 Å². The van der Waals surface area contributed by atoms with E-state index in [0.717, 1.165) is 16.9 Å². The average molecular weight is 447 g/mol. The molecule has 0 bridgehead atoms. The molecule has 0 saturated heterocycles. The summed E-state index contributed by atoms with van der Waals surface area (Å²) in [6.07, 6.45) is -3.52. The van der Waals surface area contributed by atoms with Gasteiger partial charge >= 0.3 is 12.1 Å². The zero-order valence-corrected chi connectivity index (χ0v) is 16.5. The number of carbonyl (C=O) groups is 3. The third-order valence-corrected chi connectivity index (χ3v) is 4.21. The van der Waals surface area contributed by atoms with Crippen molar-refractivity contribution in [3.8, 4) is 5.69 Å². The van der Waals surface area contributed by atoms with Crippen LogP contribution < -0.4 is 10.6 Å². The van der Waals surface area contributed by atoms with Gasteiger partial charge < -0.3 is 15.4 Å². The van der Waals surface area contributed by atoms with E-state index in [1.165, 1.54) is 49.6 Å². The Labute approximate surface area is 179 Å². The molecule has 0 aliphatic carbocycles. The predicted octanol–water partition coefficient (Wildman–Crippen LogP) is 2.44. The summed E-state index contributed by atoms with van der Waals surface area (Å²) >= 11 is 0. The Bertz CT molecular complexity index is 1140. The zero-order valence-electron chi connectivity index (χ0n) is 16.5. The van der Waals surface area contributed by atoms with Gasteiger partial charge in [0.25, 0.3) is 11.8 Å². The van der Waals surface area contributed by atoms with Gasteiger partial charge in [-0.3, -0.25) is 14.4 Å². The molecule has 0 aliphatic rings. The van der Waals surface area contributed by atoms with Gasteiger partial charge in [0.2, 0.25) is 0 Å². The Balaban J connectivity index is 1.69. The number of rotatable bonds is 6. The maximum atomic E-state index is 13.2. The topological polar surface area (TPSA) is 115 Å². The van der Waals surface area contributed by atoms with Crippen LogP contribution in [0.15, 0.2) is 54.7 Å². The molecule has 32 heavy (non-hydrogen) atoms. The number of alkyl halides is 3. The standard InChI is InChI=1S/C20H16F3N5O4/c1-32-17(29)10-24-18(30)12-6-8-13(9-7-12)25-19(31)15-11-28(27-26-15)16-5-3-2-4-14(16)20(21,22)23/h2-9,11H,10H2,1H3,(H,24,30)(H,25,31). The van der Waals surface area contributed by atoms with E-state index in [1.807, 2.05) is 0 Å². The summed E-state index contributed by atoms with van der Waals surface area (Å²) in [7, 11) is 1.19. The minimum Gasteiger partial charge on any atom is -0.468 e. The molecule has 0 spiro atoms. The van der Waals surface area contributed by atoms with E-state index in [4.69, 9.17) is 0 Å². The molecule has 166 valence electrons. The third-order valence-electron chi connectivity index (χ3n) is 4.21. The molecule has 0 radical (unpaired) electrons. The van der Waals surface area contributed by atoms with Crippen molar-refractivity contribution in [1.82, 2.24) is 20.3 Å². The van der Waals surface area contributed by atoms with Crippen molar-refractivity contribution in [1.29, 1.82) is 0 Å². The maximum Gasteiger partial charge on any atom is 0.418 e. The molecular formula is C20H16F3N5O4. The first-order chi connectivity index (χ1) is 15.2. The zero-order chi connectivity index (χ0) is 23.3. The van der Waals surface area contributed by atoms with Gasteiger partial charge in [0, 0.05) is 11.3 Å². The number of halogens is 3. The Kier molecular flexibility index (Phi) is 6.52. The van der Waals surface area contributed by atoms with Crippen LogP contribution in [-0.2, 0) is 15.7 Å². The number of para-hydroxylation sites is 1. The summed E-state index contributed by atoms with van der Waals surface area (Å²) in [5, 5.41) is 12.1. The SMILES string of the molecule is COC(=O)CNC(=O)c1ccc(NC(=O)c2cn(-c3ccccc3C(F)(F)F)nn2)cc1. The van der Waals surface area contributed by atoms with Crippen molar-refractivity contribution in [3.05, 3.63) is 71.5 Å². The lowest BCUT2D eigenvalue weighted by Gasteiger charge is -2.11. The lowest BCUT2D eigenvalue weighted by Crippen LogP contribution is -2.30. The number of hydrogen-bond acceptors (Lipinski definition) is 6. The number of nitrogens with one attached hydrogen (secondary N) is 2. The van der Waals surface area contributed by atoms with E-state index in [9.17, 15) is 27.6 Å². The highest BCUT2D eigenvalue weighted by atomic mass is 19.4. The number of carbonyl (C=O) groups excluding carboxylic acids is 3. The lowest BCUT2D eigenvalue weighted by molar-refractivity contribution is -0.139. The van der Waals surface area contributed by atoms with Crippen molar-refractivity contribution in [3.63, 3.8) is 0 Å². The number of anilines is 1. The summed E-state index contributed by atoms with van der Waals surface area (Å²) in [4.78, 5) is 35.4. The van der Waals surface area contributed by atoms with Gasteiger partial charge in [-0.25, -0.2) is 4.68 Å². The molecule has 0 aliphatic heterocycles. The molecule has 2 N–H and O–H groups in total. The summed E-state index contributed by atoms with van der Waals surface area (Å²) in [6.45, 7) is -0.291. The van der Waals surface area contributed by atoms with Crippen molar-refractivity contribution in [2.45, 2.75) is 6.18 Å². The molecule has 2 aromatic carbocycles. The van der Waals surface area contributed by atoms with Crippen LogP contribution in [0.3, 0.4) is 0 Å². The molecule has 3 aromatic rings. The molecule has 2 amide bonds. The molecule has 0 unspecified atom stereocenters. The number of benzene rings is 2. The second-order valence-electron chi connectivity index (χ2n) is 6.35. The van der Waals surface area contributed by atoms with Crippen LogP contribution in [0.1, 0.15) is 26.4 Å². The highest BCUT2D eigenvalue weighted by Gasteiger charge is 2.34. The van der Waals surface area contributed by atoms with E-state index < -0.39 is 29.5 Å². The van der Waals surface area contributed by atoms with Gasteiger partial charge in [0.1, 0.15) is 6.54 Å². The van der Waals surface area contributed by atoms with E-state index in [-0.39, 0.29) is 23.5 Å². The number of amides is 2. The van der Waals surface area contributed by atoms with Gasteiger partial charge in [-0.15, -0.1) is 5.10 Å². The molecule has 0 fully saturated rings. The minimum absolute atomic E-state index is 0.207. The van der Waals surface area contributed by atoms with Crippen molar-refractivity contribution >= 4 is 23.5 Å². The van der Waals surface area contributed by atoms with E-state index in [1.54, 1.807) is 0 Å². The Morgan fingerprint density at radius 1 is 1.03 bits per heavy atom. The molecule has 3 rings (SSSR count). The van der Waals surface area contributed by atoms with Gasteiger partial charge in [-0.1, -0.05) is 17.3 Å². The largest absolute Gasteiger partial charge is 0.468 e. The van der Waals surface area contributed by atoms with Crippen LogP contribution in [-0.4, -0.2) is 46.4 Å². The average Bonchev–Trinajstić information content (AvgIpc) is 3.27. The van der Waals surface area contributed by atoms with Gasteiger partial charge in [0.05, 0.1) is 24.6 Å². The smallest absolute Gasteiger partial charge is 0.418 e. The number of aromatic nitrogens is 3. The number of methoxy groups -OCH3 is 1. The van der Waals surface area contributed by atoms with Crippen LogP contribution in [0, 0.1) is 0 Å².